The van der Waals surface area contributed by atoms with Gasteiger partial charge in [-0.3, -0.25) is 4.79 Å². The topological polar surface area (TPSA) is 109 Å². The summed E-state index contributed by atoms with van der Waals surface area (Å²) >= 11 is 0. The van der Waals surface area contributed by atoms with E-state index in [2.05, 4.69) is 11.4 Å². The number of benzene rings is 1. The van der Waals surface area contributed by atoms with Crippen LogP contribution in [0, 0.1) is 36.5 Å². The first-order valence-corrected chi connectivity index (χ1v) is 9.70. The smallest absolute Gasteiger partial charge is 0.263 e. The average Bonchev–Trinajstić information content (AvgIpc) is 3.35. The van der Waals surface area contributed by atoms with Gasteiger partial charge in [-0.2, -0.15) is 10.5 Å². The van der Waals surface area contributed by atoms with E-state index in [0.717, 1.165) is 30.7 Å². The Morgan fingerprint density at radius 1 is 1.30 bits per heavy atom. The Balaban J connectivity index is 1.75. The normalized spacial score (nSPS) is 15.3. The fourth-order valence-corrected chi connectivity index (χ4v) is 3.52. The fourth-order valence-electron chi connectivity index (χ4n) is 3.52. The molecule has 30 heavy (non-hydrogen) atoms. The molecule has 0 aliphatic carbocycles. The second kappa shape index (κ2) is 9.34. The number of rotatable bonds is 7. The number of ether oxygens (including phenoxy) is 3. The molecule has 8 nitrogen and oxygen atoms in total. The number of carbonyl (C=O) groups is 1. The molecule has 1 saturated heterocycles. The van der Waals surface area contributed by atoms with Gasteiger partial charge in [0.25, 0.3) is 5.91 Å². The Morgan fingerprint density at radius 3 is 2.73 bits per heavy atom. The minimum absolute atomic E-state index is 0.0665. The lowest BCUT2D eigenvalue weighted by Gasteiger charge is -2.17. The molecule has 2 aromatic rings. The van der Waals surface area contributed by atoms with Crippen molar-refractivity contribution in [2.75, 3.05) is 25.6 Å². The van der Waals surface area contributed by atoms with E-state index < -0.39 is 5.91 Å². The van der Waals surface area contributed by atoms with E-state index in [-0.39, 0.29) is 12.7 Å². The number of anilines is 1. The van der Waals surface area contributed by atoms with Crippen molar-refractivity contribution < 1.29 is 19.0 Å². The number of carbonyl (C=O) groups excluding carboxylic acids is 1. The van der Waals surface area contributed by atoms with Gasteiger partial charge in [-0.05, 0) is 44.4 Å². The van der Waals surface area contributed by atoms with E-state index in [9.17, 15) is 10.1 Å². The molecule has 1 N–H and O–H groups in total. The van der Waals surface area contributed by atoms with Gasteiger partial charge >= 0.3 is 0 Å². The van der Waals surface area contributed by atoms with Crippen LogP contribution in [0.5, 0.6) is 11.5 Å². The minimum atomic E-state index is -0.399. The Hall–Kier alpha value is -3.49. The molecule has 0 spiro atoms. The number of nitrogens with one attached hydrogen (secondary N) is 1. The highest BCUT2D eigenvalue weighted by Crippen LogP contribution is 2.30. The van der Waals surface area contributed by atoms with Crippen LogP contribution in [0.25, 0.3) is 0 Å². The Bertz CT molecular complexity index is 1020. The van der Waals surface area contributed by atoms with E-state index in [1.807, 2.05) is 24.5 Å². The van der Waals surface area contributed by atoms with Crippen molar-refractivity contribution in [3.8, 4) is 23.6 Å². The van der Waals surface area contributed by atoms with E-state index in [0.29, 0.717) is 35.0 Å². The van der Waals surface area contributed by atoms with Gasteiger partial charge in [-0.1, -0.05) is 0 Å². The summed E-state index contributed by atoms with van der Waals surface area (Å²) in [6.45, 7) is 4.84. The van der Waals surface area contributed by atoms with Crippen molar-refractivity contribution in [1.29, 1.82) is 10.5 Å². The molecule has 1 fully saturated rings. The summed E-state index contributed by atoms with van der Waals surface area (Å²) in [4.78, 5) is 12.6. The van der Waals surface area contributed by atoms with Crippen molar-refractivity contribution in [2.24, 2.45) is 0 Å². The number of methoxy groups -OCH3 is 1. The van der Waals surface area contributed by atoms with E-state index in [4.69, 9.17) is 19.5 Å². The van der Waals surface area contributed by atoms with Gasteiger partial charge in [0, 0.05) is 18.4 Å². The average molecular weight is 408 g/mol. The van der Waals surface area contributed by atoms with Crippen molar-refractivity contribution >= 4 is 11.7 Å². The summed E-state index contributed by atoms with van der Waals surface area (Å²) in [5.41, 5.74) is 2.63. The third kappa shape index (κ3) is 4.40. The Labute approximate surface area is 175 Å². The van der Waals surface area contributed by atoms with Crippen LogP contribution < -0.4 is 14.8 Å². The number of hydrogen-bond acceptors (Lipinski definition) is 6. The zero-order valence-electron chi connectivity index (χ0n) is 17.3. The predicted molar refractivity (Wildman–Crippen MR) is 109 cm³/mol. The molecule has 0 radical (unpaired) electrons. The molecule has 2 heterocycles. The van der Waals surface area contributed by atoms with Gasteiger partial charge in [-0.15, -0.1) is 0 Å². The first-order chi connectivity index (χ1) is 14.5. The summed E-state index contributed by atoms with van der Waals surface area (Å²) in [6, 6.07) is 8.93. The molecule has 8 heteroatoms. The van der Waals surface area contributed by atoms with Gasteiger partial charge < -0.3 is 24.1 Å². The first kappa shape index (κ1) is 21.2. The quantitative estimate of drug-likeness (QED) is 0.754. The third-order valence-electron chi connectivity index (χ3n) is 5.26. The number of hydrogen-bond donors (Lipinski definition) is 1. The van der Waals surface area contributed by atoms with Gasteiger partial charge in [0.2, 0.25) is 0 Å². The van der Waals surface area contributed by atoms with Crippen LogP contribution in [0.3, 0.4) is 0 Å². The predicted octanol–water partition coefficient (Wildman–Crippen LogP) is 3.05. The highest BCUT2D eigenvalue weighted by atomic mass is 16.5. The van der Waals surface area contributed by atoms with E-state index in [1.54, 1.807) is 18.2 Å². The minimum Gasteiger partial charge on any atom is -0.493 e. The molecular weight excluding hydrogens is 384 g/mol. The van der Waals surface area contributed by atoms with Gasteiger partial charge in [0.15, 0.2) is 18.1 Å². The molecule has 1 aliphatic rings. The van der Waals surface area contributed by atoms with Crippen molar-refractivity contribution in [3.05, 3.63) is 40.6 Å². The van der Waals surface area contributed by atoms with Gasteiger partial charge in [0.1, 0.15) is 11.9 Å². The Kier molecular flexibility index (Phi) is 6.61. The summed E-state index contributed by atoms with van der Waals surface area (Å²) in [7, 11) is 1.46. The molecule has 1 aliphatic heterocycles. The second-order valence-corrected chi connectivity index (χ2v) is 7.11. The Morgan fingerprint density at radius 2 is 2.10 bits per heavy atom. The van der Waals surface area contributed by atoms with Crippen LogP contribution in [0.2, 0.25) is 0 Å². The standard InChI is InChI=1S/C22H24N4O4/c1-14-15(2)26(12-17-5-4-8-29-17)22(18(14)11-24)25-21(27)13-30-19-7-6-16(10-23)9-20(19)28-3/h6-7,9,17H,4-5,8,12-13H2,1-3H3,(H,25,27). The lowest BCUT2D eigenvalue weighted by atomic mass is 10.2. The third-order valence-corrected chi connectivity index (χ3v) is 5.26. The molecule has 1 atom stereocenters. The highest BCUT2D eigenvalue weighted by molar-refractivity contribution is 5.93. The SMILES string of the molecule is COc1cc(C#N)ccc1OCC(=O)Nc1c(C#N)c(C)c(C)n1CC1CCCO1. The second-order valence-electron chi connectivity index (χ2n) is 7.11. The van der Waals surface area contributed by atoms with Crippen LogP contribution >= 0.6 is 0 Å². The maximum atomic E-state index is 12.6. The van der Waals surface area contributed by atoms with Crippen LogP contribution in [-0.4, -0.2) is 36.9 Å². The fraction of sp³-hybridized carbons (Fsp3) is 0.409. The summed E-state index contributed by atoms with van der Waals surface area (Å²) in [6.07, 6.45) is 2.03. The van der Waals surface area contributed by atoms with Crippen LogP contribution in [0.4, 0.5) is 5.82 Å². The molecule has 1 aromatic heterocycles. The van der Waals surface area contributed by atoms with Gasteiger partial charge in [-0.25, -0.2) is 0 Å². The molecule has 0 bridgehead atoms. The van der Waals surface area contributed by atoms with Crippen molar-refractivity contribution in [1.82, 2.24) is 4.57 Å². The summed E-state index contributed by atoms with van der Waals surface area (Å²) in [5.74, 6) is 0.787. The highest BCUT2D eigenvalue weighted by Gasteiger charge is 2.24. The molecule has 1 unspecified atom stereocenters. The largest absolute Gasteiger partial charge is 0.493 e. The molecule has 0 saturated carbocycles. The zero-order valence-corrected chi connectivity index (χ0v) is 17.3. The lowest BCUT2D eigenvalue weighted by Crippen LogP contribution is -2.24. The summed E-state index contributed by atoms with van der Waals surface area (Å²) < 4.78 is 18.5. The van der Waals surface area contributed by atoms with Gasteiger partial charge in [0.05, 0.1) is 37.0 Å². The van der Waals surface area contributed by atoms with Crippen LogP contribution in [0.15, 0.2) is 18.2 Å². The monoisotopic (exact) mass is 408 g/mol. The maximum Gasteiger partial charge on any atom is 0.263 e. The summed E-state index contributed by atoms with van der Waals surface area (Å²) in [5, 5.41) is 21.4. The van der Waals surface area contributed by atoms with Crippen molar-refractivity contribution in [3.63, 3.8) is 0 Å². The molecule has 1 amide bonds. The number of nitrogens with zero attached hydrogens (tertiary/aromatic N) is 3. The van der Waals surface area contributed by atoms with Crippen LogP contribution in [-0.2, 0) is 16.1 Å². The lowest BCUT2D eigenvalue weighted by molar-refractivity contribution is -0.118. The number of amides is 1. The first-order valence-electron chi connectivity index (χ1n) is 9.70. The molecule has 1 aromatic carbocycles. The van der Waals surface area contributed by atoms with E-state index >= 15 is 0 Å². The van der Waals surface area contributed by atoms with Crippen molar-refractivity contribution in [2.45, 2.75) is 39.3 Å². The molecule has 156 valence electrons. The molecular formula is C22H24N4O4. The number of aromatic nitrogens is 1. The maximum absolute atomic E-state index is 12.6. The molecule has 3 rings (SSSR count). The number of nitriles is 2. The zero-order chi connectivity index (χ0) is 21.7. The van der Waals surface area contributed by atoms with E-state index in [1.165, 1.54) is 7.11 Å². The van der Waals surface area contributed by atoms with Crippen LogP contribution in [0.1, 0.15) is 35.2 Å².